The van der Waals surface area contributed by atoms with Gasteiger partial charge in [-0.2, -0.15) is 0 Å². The largest absolute Gasteiger partial charge is 0.396 e. The standard InChI is InChI=1S/C6H13NO.C3H8.CH4/c8-5-6-2-1-3-7-4-6;1-3-2;/h6-8H,1-5H2;3H2,1-2H3;1H4/t6-;;/m0../s1. The topological polar surface area (TPSA) is 32.3 Å². The Kier molecular flexibility index (Phi) is 13.1. The molecule has 1 atom stereocenters. The average molecular weight is 175 g/mol. The first-order valence-electron chi connectivity index (χ1n) is 4.66. The van der Waals surface area contributed by atoms with Crippen LogP contribution in [0.15, 0.2) is 0 Å². The average Bonchev–Trinajstić information content (AvgIpc) is 2.08. The monoisotopic (exact) mass is 175 g/mol. The van der Waals surface area contributed by atoms with Crippen LogP contribution in [0.5, 0.6) is 0 Å². The SMILES string of the molecule is C.CCC.OC[C@H]1CCCNC1. The highest BCUT2D eigenvalue weighted by Crippen LogP contribution is 2.07. The van der Waals surface area contributed by atoms with E-state index in [1.54, 1.807) is 0 Å². The number of aliphatic hydroxyl groups excluding tert-OH is 1. The molecule has 0 unspecified atom stereocenters. The van der Waals surface area contributed by atoms with Gasteiger partial charge >= 0.3 is 0 Å². The zero-order valence-electron chi connectivity index (χ0n) is 7.77. The van der Waals surface area contributed by atoms with Crippen LogP contribution in [0.3, 0.4) is 0 Å². The number of hydrogen-bond donors (Lipinski definition) is 2. The zero-order chi connectivity index (χ0) is 8.53. The second kappa shape index (κ2) is 10.9. The molecule has 1 aliphatic heterocycles. The summed E-state index contributed by atoms with van der Waals surface area (Å²) in [6, 6.07) is 0. The number of nitrogens with one attached hydrogen (secondary N) is 1. The van der Waals surface area contributed by atoms with Gasteiger partial charge in [-0.1, -0.05) is 27.7 Å². The van der Waals surface area contributed by atoms with Crippen LogP contribution >= 0.6 is 0 Å². The second-order valence-corrected chi connectivity index (χ2v) is 3.10. The number of piperidine rings is 1. The van der Waals surface area contributed by atoms with Gasteiger partial charge < -0.3 is 10.4 Å². The first kappa shape index (κ1) is 14.4. The van der Waals surface area contributed by atoms with Gasteiger partial charge in [0.1, 0.15) is 0 Å². The quantitative estimate of drug-likeness (QED) is 0.639. The highest BCUT2D eigenvalue weighted by Gasteiger charge is 2.09. The molecule has 1 fully saturated rings. The van der Waals surface area contributed by atoms with E-state index in [1.165, 1.54) is 19.3 Å². The molecule has 1 aliphatic rings. The molecule has 2 nitrogen and oxygen atoms in total. The highest BCUT2D eigenvalue weighted by molar-refractivity contribution is 4.66. The smallest absolute Gasteiger partial charge is 0.0471 e. The fourth-order valence-corrected chi connectivity index (χ4v) is 1.08. The summed E-state index contributed by atoms with van der Waals surface area (Å²) in [5, 5.41) is 11.9. The molecule has 76 valence electrons. The fourth-order valence-electron chi connectivity index (χ4n) is 1.08. The Hall–Kier alpha value is -0.0800. The number of aliphatic hydroxyl groups is 1. The summed E-state index contributed by atoms with van der Waals surface area (Å²) in [5.41, 5.74) is 0. The van der Waals surface area contributed by atoms with Gasteiger partial charge in [-0.15, -0.1) is 0 Å². The van der Waals surface area contributed by atoms with Crippen LogP contribution < -0.4 is 5.32 Å². The van der Waals surface area contributed by atoms with Crippen molar-refractivity contribution in [1.29, 1.82) is 0 Å². The Morgan fingerprint density at radius 3 is 2.25 bits per heavy atom. The zero-order valence-corrected chi connectivity index (χ0v) is 7.77. The minimum Gasteiger partial charge on any atom is -0.396 e. The van der Waals surface area contributed by atoms with Crippen LogP contribution in [0.1, 0.15) is 40.5 Å². The third kappa shape index (κ3) is 8.02. The summed E-state index contributed by atoms with van der Waals surface area (Å²) >= 11 is 0. The van der Waals surface area contributed by atoms with E-state index < -0.39 is 0 Å². The van der Waals surface area contributed by atoms with Crippen molar-refractivity contribution in [3.8, 4) is 0 Å². The van der Waals surface area contributed by atoms with Crippen molar-refractivity contribution in [2.45, 2.75) is 40.5 Å². The normalized spacial score (nSPS) is 21.8. The molecule has 0 aromatic carbocycles. The van der Waals surface area contributed by atoms with Crippen molar-refractivity contribution in [3.63, 3.8) is 0 Å². The predicted octanol–water partition coefficient (Wildman–Crippen LogP) is 2.03. The van der Waals surface area contributed by atoms with E-state index in [4.69, 9.17) is 5.11 Å². The van der Waals surface area contributed by atoms with E-state index in [0.29, 0.717) is 12.5 Å². The molecule has 12 heavy (non-hydrogen) atoms. The molecule has 0 spiro atoms. The van der Waals surface area contributed by atoms with Gasteiger partial charge in [0.25, 0.3) is 0 Å². The molecule has 0 bridgehead atoms. The molecular formula is C10H25NO. The maximum absolute atomic E-state index is 8.65. The van der Waals surface area contributed by atoms with Gasteiger partial charge in [0, 0.05) is 13.2 Å². The molecule has 0 amide bonds. The van der Waals surface area contributed by atoms with Gasteiger partial charge in [-0.05, 0) is 25.3 Å². The van der Waals surface area contributed by atoms with Gasteiger partial charge in [-0.3, -0.25) is 0 Å². The summed E-state index contributed by atoms with van der Waals surface area (Å²) in [7, 11) is 0. The first-order valence-corrected chi connectivity index (χ1v) is 4.66. The summed E-state index contributed by atoms with van der Waals surface area (Å²) in [4.78, 5) is 0. The summed E-state index contributed by atoms with van der Waals surface area (Å²) in [5.74, 6) is 0.531. The van der Waals surface area contributed by atoms with E-state index in [2.05, 4.69) is 19.2 Å². The van der Waals surface area contributed by atoms with Crippen molar-refractivity contribution in [2.75, 3.05) is 19.7 Å². The maximum atomic E-state index is 8.65. The molecular weight excluding hydrogens is 150 g/mol. The summed E-state index contributed by atoms with van der Waals surface area (Å²) < 4.78 is 0. The van der Waals surface area contributed by atoms with E-state index in [-0.39, 0.29) is 7.43 Å². The summed E-state index contributed by atoms with van der Waals surface area (Å²) in [6.45, 7) is 6.75. The molecule has 1 saturated heterocycles. The van der Waals surface area contributed by atoms with Crippen LogP contribution in [-0.4, -0.2) is 24.8 Å². The van der Waals surface area contributed by atoms with Crippen molar-refractivity contribution < 1.29 is 5.11 Å². The molecule has 0 saturated carbocycles. The molecule has 2 N–H and O–H groups in total. The molecule has 0 aromatic heterocycles. The first-order chi connectivity index (χ1) is 5.35. The number of hydrogen-bond acceptors (Lipinski definition) is 2. The third-order valence-electron chi connectivity index (χ3n) is 1.66. The van der Waals surface area contributed by atoms with Crippen LogP contribution in [0.25, 0.3) is 0 Å². The van der Waals surface area contributed by atoms with Gasteiger partial charge in [0.15, 0.2) is 0 Å². The minimum atomic E-state index is 0. The van der Waals surface area contributed by atoms with Crippen LogP contribution in [0.4, 0.5) is 0 Å². The van der Waals surface area contributed by atoms with Gasteiger partial charge in [-0.25, -0.2) is 0 Å². The van der Waals surface area contributed by atoms with Crippen molar-refractivity contribution in [2.24, 2.45) is 5.92 Å². The second-order valence-electron chi connectivity index (χ2n) is 3.10. The lowest BCUT2D eigenvalue weighted by molar-refractivity contribution is 0.199. The summed E-state index contributed by atoms with van der Waals surface area (Å²) in [6.07, 6.45) is 3.68. The predicted molar refractivity (Wildman–Crippen MR) is 55.4 cm³/mol. The van der Waals surface area contributed by atoms with Crippen molar-refractivity contribution in [1.82, 2.24) is 5.32 Å². The Morgan fingerprint density at radius 1 is 1.42 bits per heavy atom. The number of rotatable bonds is 1. The highest BCUT2D eigenvalue weighted by atomic mass is 16.3. The van der Waals surface area contributed by atoms with Gasteiger partial charge in [0.2, 0.25) is 0 Å². The Labute approximate surface area is 77.4 Å². The van der Waals surface area contributed by atoms with E-state index in [0.717, 1.165) is 13.1 Å². The molecule has 0 aromatic rings. The lowest BCUT2D eigenvalue weighted by Crippen LogP contribution is -2.31. The molecule has 0 radical (unpaired) electrons. The van der Waals surface area contributed by atoms with Gasteiger partial charge in [0.05, 0.1) is 0 Å². The Morgan fingerprint density at radius 2 is 2.00 bits per heavy atom. The lowest BCUT2D eigenvalue weighted by Gasteiger charge is -2.19. The fraction of sp³-hybridized carbons (Fsp3) is 1.00. The Bertz CT molecular complexity index is 70.2. The Balaban J connectivity index is 0. The van der Waals surface area contributed by atoms with Crippen LogP contribution in [0.2, 0.25) is 0 Å². The van der Waals surface area contributed by atoms with Crippen LogP contribution in [-0.2, 0) is 0 Å². The van der Waals surface area contributed by atoms with E-state index in [1.807, 2.05) is 0 Å². The molecule has 2 heteroatoms. The molecule has 1 heterocycles. The molecule has 0 aliphatic carbocycles. The molecule has 1 rings (SSSR count). The van der Waals surface area contributed by atoms with E-state index in [9.17, 15) is 0 Å². The lowest BCUT2D eigenvalue weighted by atomic mass is 10.0. The third-order valence-corrected chi connectivity index (χ3v) is 1.66. The maximum Gasteiger partial charge on any atom is 0.0471 e. The van der Waals surface area contributed by atoms with Crippen molar-refractivity contribution in [3.05, 3.63) is 0 Å². The van der Waals surface area contributed by atoms with Crippen molar-refractivity contribution >= 4 is 0 Å². The van der Waals surface area contributed by atoms with E-state index >= 15 is 0 Å². The minimum absolute atomic E-state index is 0. The van der Waals surface area contributed by atoms with Crippen LogP contribution in [0, 0.1) is 5.92 Å².